The standard InChI is InChI=1S/C20H19NO2/c22-18-13-20(23-15-17-9-5-2-6-10-17)19(21-14-18)12-11-16-7-3-1-4-8-16/h1-10,13-14,22H,11-12,15H2. The second kappa shape index (κ2) is 7.45. The van der Waals surface area contributed by atoms with Crippen LogP contribution < -0.4 is 4.74 Å². The first-order chi connectivity index (χ1) is 11.3. The first kappa shape index (κ1) is 15.1. The molecule has 0 atom stereocenters. The Balaban J connectivity index is 1.70. The second-order valence-corrected chi connectivity index (χ2v) is 5.40. The van der Waals surface area contributed by atoms with E-state index in [4.69, 9.17) is 4.74 Å². The summed E-state index contributed by atoms with van der Waals surface area (Å²) in [6.45, 7) is 0.463. The van der Waals surface area contributed by atoms with Gasteiger partial charge in [-0.15, -0.1) is 0 Å². The predicted octanol–water partition coefficient (Wildman–Crippen LogP) is 4.15. The van der Waals surface area contributed by atoms with E-state index < -0.39 is 0 Å². The molecule has 0 aliphatic carbocycles. The Morgan fingerprint density at radius 1 is 0.826 bits per heavy atom. The lowest BCUT2D eigenvalue weighted by Crippen LogP contribution is -2.02. The molecule has 3 rings (SSSR count). The quantitative estimate of drug-likeness (QED) is 0.744. The minimum absolute atomic E-state index is 0.122. The van der Waals surface area contributed by atoms with E-state index in [1.54, 1.807) is 6.07 Å². The van der Waals surface area contributed by atoms with Gasteiger partial charge in [-0.25, -0.2) is 0 Å². The zero-order valence-corrected chi connectivity index (χ0v) is 12.9. The number of aromatic nitrogens is 1. The van der Waals surface area contributed by atoms with Gasteiger partial charge in [-0.3, -0.25) is 4.98 Å². The number of aromatic hydroxyl groups is 1. The molecule has 0 amide bonds. The van der Waals surface area contributed by atoms with Crippen LogP contribution in [0.5, 0.6) is 11.5 Å². The average Bonchev–Trinajstić information content (AvgIpc) is 2.61. The Morgan fingerprint density at radius 2 is 1.48 bits per heavy atom. The predicted molar refractivity (Wildman–Crippen MR) is 90.5 cm³/mol. The third kappa shape index (κ3) is 4.33. The van der Waals surface area contributed by atoms with Crippen molar-refractivity contribution in [2.24, 2.45) is 0 Å². The molecular weight excluding hydrogens is 286 g/mol. The minimum Gasteiger partial charge on any atom is -0.506 e. The molecule has 23 heavy (non-hydrogen) atoms. The maximum absolute atomic E-state index is 9.68. The fourth-order valence-corrected chi connectivity index (χ4v) is 2.42. The van der Waals surface area contributed by atoms with Crippen molar-refractivity contribution in [2.45, 2.75) is 19.4 Å². The van der Waals surface area contributed by atoms with Gasteiger partial charge in [-0.05, 0) is 24.0 Å². The molecule has 2 aromatic carbocycles. The van der Waals surface area contributed by atoms with E-state index in [0.29, 0.717) is 12.4 Å². The highest BCUT2D eigenvalue weighted by Crippen LogP contribution is 2.24. The van der Waals surface area contributed by atoms with Crippen LogP contribution in [0.4, 0.5) is 0 Å². The van der Waals surface area contributed by atoms with Gasteiger partial charge in [0.2, 0.25) is 0 Å². The lowest BCUT2D eigenvalue weighted by molar-refractivity contribution is 0.299. The van der Waals surface area contributed by atoms with Gasteiger partial charge in [0.15, 0.2) is 0 Å². The first-order valence-corrected chi connectivity index (χ1v) is 7.70. The molecule has 0 radical (unpaired) electrons. The molecule has 0 unspecified atom stereocenters. The maximum atomic E-state index is 9.68. The smallest absolute Gasteiger partial charge is 0.144 e. The fourth-order valence-electron chi connectivity index (χ4n) is 2.42. The van der Waals surface area contributed by atoms with Gasteiger partial charge < -0.3 is 9.84 Å². The van der Waals surface area contributed by atoms with Crippen LogP contribution in [0, 0.1) is 0 Å². The topological polar surface area (TPSA) is 42.4 Å². The van der Waals surface area contributed by atoms with Crippen molar-refractivity contribution >= 4 is 0 Å². The van der Waals surface area contributed by atoms with Gasteiger partial charge in [0, 0.05) is 6.07 Å². The molecule has 116 valence electrons. The van der Waals surface area contributed by atoms with Crippen LogP contribution in [-0.2, 0) is 19.4 Å². The van der Waals surface area contributed by atoms with Gasteiger partial charge in [-0.1, -0.05) is 60.7 Å². The zero-order valence-electron chi connectivity index (χ0n) is 12.9. The summed E-state index contributed by atoms with van der Waals surface area (Å²) in [7, 11) is 0. The van der Waals surface area contributed by atoms with Crippen LogP contribution in [0.25, 0.3) is 0 Å². The van der Waals surface area contributed by atoms with E-state index >= 15 is 0 Å². The van der Waals surface area contributed by atoms with Crippen LogP contribution in [-0.4, -0.2) is 10.1 Å². The molecule has 0 aliphatic rings. The lowest BCUT2D eigenvalue weighted by atomic mass is 10.1. The van der Waals surface area contributed by atoms with Gasteiger partial charge in [0.05, 0.1) is 11.9 Å². The summed E-state index contributed by atoms with van der Waals surface area (Å²) in [5, 5.41) is 9.68. The van der Waals surface area contributed by atoms with Gasteiger partial charge in [0.25, 0.3) is 0 Å². The van der Waals surface area contributed by atoms with E-state index in [9.17, 15) is 5.11 Å². The molecule has 0 bridgehead atoms. The van der Waals surface area contributed by atoms with E-state index in [2.05, 4.69) is 17.1 Å². The largest absolute Gasteiger partial charge is 0.506 e. The Labute approximate surface area is 136 Å². The molecule has 0 spiro atoms. The summed E-state index contributed by atoms with van der Waals surface area (Å²) in [5.74, 6) is 0.765. The molecule has 0 saturated carbocycles. The van der Waals surface area contributed by atoms with Crippen LogP contribution in [0.15, 0.2) is 72.9 Å². The molecule has 0 aliphatic heterocycles. The molecule has 3 heteroatoms. The molecule has 1 N–H and O–H groups in total. The second-order valence-electron chi connectivity index (χ2n) is 5.40. The van der Waals surface area contributed by atoms with Gasteiger partial charge in [0.1, 0.15) is 18.1 Å². The summed E-state index contributed by atoms with van der Waals surface area (Å²) in [6, 6.07) is 21.9. The Bertz CT molecular complexity index is 742. The maximum Gasteiger partial charge on any atom is 0.144 e. The third-order valence-electron chi connectivity index (χ3n) is 3.65. The molecule has 0 saturated heterocycles. The van der Waals surface area contributed by atoms with Crippen LogP contribution in [0.2, 0.25) is 0 Å². The number of aryl methyl sites for hydroxylation is 2. The molecule has 3 nitrogen and oxygen atoms in total. The third-order valence-corrected chi connectivity index (χ3v) is 3.65. The van der Waals surface area contributed by atoms with Gasteiger partial charge in [-0.2, -0.15) is 0 Å². The summed E-state index contributed by atoms with van der Waals surface area (Å²) >= 11 is 0. The number of ether oxygens (including phenoxy) is 1. The molecule has 1 heterocycles. The number of hydrogen-bond acceptors (Lipinski definition) is 3. The van der Waals surface area contributed by atoms with Crippen molar-refractivity contribution in [2.75, 3.05) is 0 Å². The van der Waals surface area contributed by atoms with Gasteiger partial charge >= 0.3 is 0 Å². The first-order valence-electron chi connectivity index (χ1n) is 7.70. The normalized spacial score (nSPS) is 10.4. The number of nitrogens with zero attached hydrogens (tertiary/aromatic N) is 1. The summed E-state index contributed by atoms with van der Waals surface area (Å²) in [4.78, 5) is 4.33. The minimum atomic E-state index is 0.122. The molecule has 0 fully saturated rings. The fraction of sp³-hybridized carbons (Fsp3) is 0.150. The molecule has 1 aromatic heterocycles. The highest BCUT2D eigenvalue weighted by Gasteiger charge is 2.08. The van der Waals surface area contributed by atoms with Crippen molar-refractivity contribution in [1.29, 1.82) is 0 Å². The van der Waals surface area contributed by atoms with Crippen molar-refractivity contribution in [3.05, 3.63) is 89.7 Å². The summed E-state index contributed by atoms with van der Waals surface area (Å²) in [5.41, 5.74) is 3.21. The monoisotopic (exact) mass is 305 g/mol. The van der Waals surface area contributed by atoms with Crippen LogP contribution >= 0.6 is 0 Å². The number of benzene rings is 2. The lowest BCUT2D eigenvalue weighted by Gasteiger charge is -2.11. The van der Waals surface area contributed by atoms with Crippen molar-refractivity contribution in [3.8, 4) is 11.5 Å². The Kier molecular flexibility index (Phi) is 4.89. The van der Waals surface area contributed by atoms with Crippen LogP contribution in [0.3, 0.4) is 0 Å². The van der Waals surface area contributed by atoms with Crippen molar-refractivity contribution in [3.63, 3.8) is 0 Å². The molecule has 3 aromatic rings. The zero-order chi connectivity index (χ0) is 15.9. The number of pyridine rings is 1. The average molecular weight is 305 g/mol. The Morgan fingerprint density at radius 3 is 2.17 bits per heavy atom. The highest BCUT2D eigenvalue weighted by molar-refractivity contribution is 5.35. The van der Waals surface area contributed by atoms with Crippen LogP contribution in [0.1, 0.15) is 16.8 Å². The van der Waals surface area contributed by atoms with Crippen molar-refractivity contribution < 1.29 is 9.84 Å². The summed E-state index contributed by atoms with van der Waals surface area (Å²) < 4.78 is 5.87. The van der Waals surface area contributed by atoms with E-state index in [-0.39, 0.29) is 5.75 Å². The van der Waals surface area contributed by atoms with E-state index in [1.807, 2.05) is 48.5 Å². The highest BCUT2D eigenvalue weighted by atomic mass is 16.5. The number of hydrogen-bond donors (Lipinski definition) is 1. The summed E-state index contributed by atoms with van der Waals surface area (Å²) in [6.07, 6.45) is 3.13. The van der Waals surface area contributed by atoms with E-state index in [0.717, 1.165) is 24.1 Å². The van der Waals surface area contributed by atoms with Crippen molar-refractivity contribution in [1.82, 2.24) is 4.98 Å². The number of rotatable bonds is 6. The van der Waals surface area contributed by atoms with E-state index in [1.165, 1.54) is 11.8 Å². The molecular formula is C20H19NO2. The SMILES string of the molecule is Oc1cnc(CCc2ccccc2)c(OCc2ccccc2)c1. The Hall–Kier alpha value is -2.81.